The lowest BCUT2D eigenvalue weighted by atomic mass is 10.0. The lowest BCUT2D eigenvalue weighted by molar-refractivity contribution is -0.130. The molecular formula is C12H17N5O5. The molecule has 0 saturated carbocycles. The highest BCUT2D eigenvalue weighted by atomic mass is 16.5. The van der Waals surface area contributed by atoms with Crippen molar-refractivity contribution in [3.8, 4) is 0 Å². The summed E-state index contributed by atoms with van der Waals surface area (Å²) in [4.78, 5) is 12.0. The van der Waals surface area contributed by atoms with Crippen LogP contribution in [-0.4, -0.2) is 71.0 Å². The van der Waals surface area contributed by atoms with E-state index in [1.807, 2.05) is 0 Å². The molecule has 1 fully saturated rings. The topological polar surface area (TPSA) is 160 Å². The van der Waals surface area contributed by atoms with E-state index in [2.05, 4.69) is 15.0 Å². The Morgan fingerprint density at radius 1 is 1.23 bits per heavy atom. The molecule has 120 valence electrons. The lowest BCUT2D eigenvalue weighted by Gasteiger charge is -2.24. The highest BCUT2D eigenvalue weighted by molar-refractivity contribution is 5.81. The second-order valence-electron chi connectivity index (χ2n) is 5.18. The molecule has 1 saturated heterocycles. The number of aliphatic hydroxyl groups is 4. The van der Waals surface area contributed by atoms with Crippen molar-refractivity contribution in [3.05, 3.63) is 12.7 Å². The van der Waals surface area contributed by atoms with Crippen LogP contribution in [0.1, 0.15) is 12.6 Å². The number of ether oxygens (including phenoxy) is 1. The average molecular weight is 311 g/mol. The number of hydrogen-bond donors (Lipinski definition) is 5. The highest BCUT2D eigenvalue weighted by Gasteiger charge is 2.39. The zero-order valence-corrected chi connectivity index (χ0v) is 11.5. The fourth-order valence-corrected chi connectivity index (χ4v) is 2.54. The van der Waals surface area contributed by atoms with E-state index >= 15 is 0 Å². The fourth-order valence-electron chi connectivity index (χ4n) is 2.54. The molecule has 0 spiro atoms. The molecule has 2 aromatic rings. The van der Waals surface area contributed by atoms with Crippen LogP contribution in [0.4, 0.5) is 5.82 Å². The van der Waals surface area contributed by atoms with E-state index in [1.54, 1.807) is 0 Å². The number of aromatic nitrogens is 4. The fraction of sp³-hybridized carbons (Fsp3) is 0.583. The van der Waals surface area contributed by atoms with Crippen LogP contribution in [0.3, 0.4) is 0 Å². The Hall–Kier alpha value is -1.85. The summed E-state index contributed by atoms with van der Waals surface area (Å²) in [5.74, 6) is 0.205. The molecule has 0 unspecified atom stereocenters. The first-order valence-electron chi connectivity index (χ1n) is 6.76. The number of anilines is 1. The molecule has 5 atom stereocenters. The van der Waals surface area contributed by atoms with Crippen LogP contribution < -0.4 is 5.73 Å². The van der Waals surface area contributed by atoms with Crippen molar-refractivity contribution in [2.75, 3.05) is 12.3 Å². The van der Waals surface area contributed by atoms with E-state index in [1.165, 1.54) is 17.2 Å². The molecule has 1 aliphatic rings. The van der Waals surface area contributed by atoms with Gasteiger partial charge in [0.2, 0.25) is 0 Å². The van der Waals surface area contributed by atoms with Crippen LogP contribution in [0.2, 0.25) is 0 Å². The monoisotopic (exact) mass is 311 g/mol. The Bertz CT molecular complexity index is 664. The average Bonchev–Trinajstić information content (AvgIpc) is 2.91. The zero-order chi connectivity index (χ0) is 15.9. The molecule has 0 bridgehead atoms. The Kier molecular flexibility index (Phi) is 3.93. The number of aliphatic hydroxyl groups excluding tert-OH is 4. The summed E-state index contributed by atoms with van der Waals surface area (Å²) >= 11 is 0. The van der Waals surface area contributed by atoms with Gasteiger partial charge in [-0.25, -0.2) is 15.0 Å². The summed E-state index contributed by atoms with van der Waals surface area (Å²) in [6.07, 6.45) is -3.19. The van der Waals surface area contributed by atoms with Gasteiger partial charge in [0.05, 0.1) is 19.0 Å². The maximum absolute atomic E-state index is 9.97. The normalized spacial score (nSPS) is 33.0. The molecule has 3 heterocycles. The third kappa shape index (κ3) is 2.40. The van der Waals surface area contributed by atoms with Crippen molar-refractivity contribution in [1.82, 2.24) is 19.5 Å². The van der Waals surface area contributed by atoms with Crippen molar-refractivity contribution >= 4 is 17.0 Å². The van der Waals surface area contributed by atoms with Gasteiger partial charge < -0.3 is 30.9 Å². The van der Waals surface area contributed by atoms with Gasteiger partial charge in [0.1, 0.15) is 36.4 Å². The Morgan fingerprint density at radius 2 is 2.00 bits per heavy atom. The van der Waals surface area contributed by atoms with Gasteiger partial charge in [-0.15, -0.1) is 0 Å². The molecule has 22 heavy (non-hydrogen) atoms. The van der Waals surface area contributed by atoms with Crippen LogP contribution >= 0.6 is 0 Å². The number of hydrogen-bond acceptors (Lipinski definition) is 9. The van der Waals surface area contributed by atoms with Crippen molar-refractivity contribution in [2.24, 2.45) is 0 Å². The van der Waals surface area contributed by atoms with E-state index < -0.39 is 37.3 Å². The molecule has 0 aromatic carbocycles. The molecule has 2 aromatic heterocycles. The van der Waals surface area contributed by atoms with E-state index in [0.717, 1.165) is 0 Å². The van der Waals surface area contributed by atoms with Gasteiger partial charge in [-0.05, 0) is 0 Å². The van der Waals surface area contributed by atoms with Gasteiger partial charge in [0.15, 0.2) is 11.5 Å². The minimum Gasteiger partial charge on any atom is -0.394 e. The van der Waals surface area contributed by atoms with E-state index in [0.29, 0.717) is 11.2 Å². The summed E-state index contributed by atoms with van der Waals surface area (Å²) in [7, 11) is 0. The molecule has 10 nitrogen and oxygen atoms in total. The third-order valence-corrected chi connectivity index (χ3v) is 3.78. The number of fused-ring (bicyclic) bond motifs is 1. The number of rotatable bonds is 2. The molecule has 0 amide bonds. The molecule has 10 heteroatoms. The number of nitrogens with two attached hydrogens (primary N) is 1. The zero-order valence-electron chi connectivity index (χ0n) is 11.5. The predicted molar refractivity (Wildman–Crippen MR) is 73.4 cm³/mol. The molecule has 0 aliphatic carbocycles. The SMILES string of the molecule is Nc1ncnc2c1ncn2[C@@H]1C[C@H](O)[C@@H](O)[C@H](O)[C@@H](CO)O1. The summed E-state index contributed by atoms with van der Waals surface area (Å²) in [6, 6.07) is 0. The number of nitrogen functional groups attached to an aromatic ring is 1. The minimum atomic E-state index is -1.42. The largest absolute Gasteiger partial charge is 0.394 e. The summed E-state index contributed by atoms with van der Waals surface area (Å²) in [5, 5.41) is 39.0. The maximum Gasteiger partial charge on any atom is 0.167 e. The van der Waals surface area contributed by atoms with Gasteiger partial charge in [-0.2, -0.15) is 0 Å². The van der Waals surface area contributed by atoms with Crippen LogP contribution in [0, 0.1) is 0 Å². The van der Waals surface area contributed by atoms with E-state index in [9.17, 15) is 20.4 Å². The molecule has 6 N–H and O–H groups in total. The van der Waals surface area contributed by atoms with Crippen molar-refractivity contribution in [3.63, 3.8) is 0 Å². The van der Waals surface area contributed by atoms with E-state index in [4.69, 9.17) is 10.5 Å². The van der Waals surface area contributed by atoms with Crippen molar-refractivity contribution in [2.45, 2.75) is 37.1 Å². The first-order valence-corrected chi connectivity index (χ1v) is 6.76. The Morgan fingerprint density at radius 3 is 2.73 bits per heavy atom. The molecule has 3 rings (SSSR count). The maximum atomic E-state index is 9.97. The summed E-state index contributed by atoms with van der Waals surface area (Å²) < 4.78 is 7.13. The van der Waals surface area contributed by atoms with E-state index in [-0.39, 0.29) is 12.2 Å². The number of imidazole rings is 1. The second-order valence-corrected chi connectivity index (χ2v) is 5.18. The lowest BCUT2D eigenvalue weighted by Crippen LogP contribution is -2.44. The number of nitrogens with zero attached hydrogens (tertiary/aromatic N) is 4. The van der Waals surface area contributed by atoms with Crippen molar-refractivity contribution < 1.29 is 25.2 Å². The van der Waals surface area contributed by atoms with Gasteiger partial charge >= 0.3 is 0 Å². The van der Waals surface area contributed by atoms with Crippen LogP contribution in [0.5, 0.6) is 0 Å². The predicted octanol–water partition coefficient (Wildman–Crippen LogP) is -2.23. The third-order valence-electron chi connectivity index (χ3n) is 3.78. The van der Waals surface area contributed by atoms with Gasteiger partial charge in [-0.1, -0.05) is 0 Å². The van der Waals surface area contributed by atoms with Gasteiger partial charge in [-0.3, -0.25) is 4.57 Å². The van der Waals surface area contributed by atoms with Crippen molar-refractivity contribution in [1.29, 1.82) is 0 Å². The van der Waals surface area contributed by atoms with Gasteiger partial charge in [0, 0.05) is 6.42 Å². The molecule has 0 radical (unpaired) electrons. The Labute approximate surface area is 124 Å². The first kappa shape index (κ1) is 15.1. The van der Waals surface area contributed by atoms with Crippen LogP contribution in [-0.2, 0) is 4.74 Å². The summed E-state index contributed by atoms with van der Waals surface area (Å²) in [6.45, 7) is -0.509. The smallest absolute Gasteiger partial charge is 0.167 e. The standard InChI is InChI=1S/C12H17N5O5/c13-11-8-12(15-3-14-11)17(4-16-8)7-1-5(19)9(20)10(21)6(2-18)22-7/h3-7,9-10,18-21H,1-2H2,(H2,13,14,15)/t5-,6+,7-,9+,10+/m0/s1. The first-order chi connectivity index (χ1) is 10.5. The van der Waals surface area contributed by atoms with Crippen LogP contribution in [0.15, 0.2) is 12.7 Å². The minimum absolute atomic E-state index is 0.00983. The molecule has 1 aliphatic heterocycles. The quantitative estimate of drug-likeness (QED) is 0.413. The van der Waals surface area contributed by atoms with Gasteiger partial charge in [0.25, 0.3) is 0 Å². The summed E-state index contributed by atoms with van der Waals surface area (Å²) in [5.41, 5.74) is 6.49. The highest BCUT2D eigenvalue weighted by Crippen LogP contribution is 2.29. The Balaban J connectivity index is 2.00. The van der Waals surface area contributed by atoms with Crippen LogP contribution in [0.25, 0.3) is 11.2 Å². The molecular weight excluding hydrogens is 294 g/mol. The second kappa shape index (κ2) is 5.74.